The number of nitrogens with zero attached hydrogens (tertiary/aromatic N) is 2. The lowest BCUT2D eigenvalue weighted by atomic mass is 10.2. The van der Waals surface area contributed by atoms with Gasteiger partial charge in [-0.05, 0) is 25.1 Å². The van der Waals surface area contributed by atoms with Gasteiger partial charge in [-0.3, -0.25) is 19.0 Å². The Morgan fingerprint density at radius 1 is 1.07 bits per heavy atom. The van der Waals surface area contributed by atoms with E-state index in [1.165, 1.54) is 6.92 Å². The number of amides is 2. The maximum atomic E-state index is 14.0. The van der Waals surface area contributed by atoms with E-state index in [4.69, 9.17) is 0 Å². The maximum absolute atomic E-state index is 14.0. The number of fused-ring (bicyclic) bond motifs is 1. The van der Waals surface area contributed by atoms with E-state index in [9.17, 15) is 23.2 Å². The molecule has 0 aliphatic carbocycles. The lowest BCUT2D eigenvalue weighted by molar-refractivity contribution is -0.117. The molecule has 0 aliphatic heterocycles. The molecule has 7 nitrogen and oxygen atoms in total. The highest BCUT2D eigenvalue weighted by Crippen LogP contribution is 2.23. The Labute approximate surface area is 158 Å². The van der Waals surface area contributed by atoms with E-state index in [0.29, 0.717) is 22.8 Å². The molecule has 9 heteroatoms. The van der Waals surface area contributed by atoms with Crippen molar-refractivity contribution < 1.29 is 18.4 Å². The Morgan fingerprint density at radius 3 is 2.39 bits per heavy atom. The van der Waals surface area contributed by atoms with Crippen molar-refractivity contribution >= 4 is 34.1 Å². The van der Waals surface area contributed by atoms with Crippen molar-refractivity contribution in [1.82, 2.24) is 9.55 Å². The summed E-state index contributed by atoms with van der Waals surface area (Å²) in [6, 6.07) is 8.23. The first-order chi connectivity index (χ1) is 13.3. The highest BCUT2D eigenvalue weighted by molar-refractivity contribution is 5.93. The Morgan fingerprint density at radius 2 is 1.71 bits per heavy atom. The summed E-state index contributed by atoms with van der Waals surface area (Å²) in [6.07, 6.45) is 0. The molecule has 2 amide bonds. The molecule has 0 unspecified atom stereocenters. The van der Waals surface area contributed by atoms with Gasteiger partial charge in [0.05, 0.1) is 22.3 Å². The number of hydrogen-bond acceptors (Lipinski definition) is 4. The summed E-state index contributed by atoms with van der Waals surface area (Å²) in [5.41, 5.74) is -0.498. The molecule has 0 spiro atoms. The maximum Gasteiger partial charge on any atom is 0.261 e. The molecule has 0 saturated heterocycles. The minimum Gasteiger partial charge on any atom is -0.324 e. The van der Waals surface area contributed by atoms with E-state index >= 15 is 0 Å². The van der Waals surface area contributed by atoms with Gasteiger partial charge in [0.25, 0.3) is 5.56 Å². The SMILES string of the molecule is CC(=O)Nc1cc(NC(=O)Cn2c(C)nc3ccccc3c2=O)c(F)cc1F. The number of para-hydroxylation sites is 1. The van der Waals surface area contributed by atoms with Crippen molar-refractivity contribution in [3.05, 3.63) is 64.2 Å². The van der Waals surface area contributed by atoms with E-state index in [1.807, 2.05) is 0 Å². The van der Waals surface area contributed by atoms with Crippen molar-refractivity contribution in [1.29, 1.82) is 0 Å². The smallest absolute Gasteiger partial charge is 0.261 e. The van der Waals surface area contributed by atoms with Crippen LogP contribution < -0.4 is 16.2 Å². The fourth-order valence-electron chi connectivity index (χ4n) is 2.73. The lowest BCUT2D eigenvalue weighted by Gasteiger charge is -2.13. The number of nitrogens with one attached hydrogen (secondary N) is 2. The number of carbonyl (C=O) groups excluding carboxylic acids is 2. The predicted octanol–water partition coefficient (Wildman–Crippen LogP) is 2.58. The van der Waals surface area contributed by atoms with Crippen LogP contribution in [0.1, 0.15) is 12.7 Å². The van der Waals surface area contributed by atoms with Crippen molar-refractivity contribution in [2.75, 3.05) is 10.6 Å². The van der Waals surface area contributed by atoms with Gasteiger partial charge in [-0.25, -0.2) is 13.8 Å². The third-order valence-electron chi connectivity index (χ3n) is 4.00. The zero-order chi connectivity index (χ0) is 20.4. The quantitative estimate of drug-likeness (QED) is 0.721. The normalized spacial score (nSPS) is 10.7. The molecule has 0 atom stereocenters. The molecule has 0 fully saturated rings. The van der Waals surface area contributed by atoms with E-state index in [1.54, 1.807) is 31.2 Å². The molecule has 0 bridgehead atoms. The molecule has 0 aliphatic rings. The fraction of sp³-hybridized carbons (Fsp3) is 0.158. The molecule has 3 rings (SSSR count). The summed E-state index contributed by atoms with van der Waals surface area (Å²) in [4.78, 5) is 40.3. The van der Waals surface area contributed by atoms with Gasteiger partial charge < -0.3 is 10.6 Å². The zero-order valence-electron chi connectivity index (χ0n) is 15.0. The third kappa shape index (κ3) is 3.88. The summed E-state index contributed by atoms with van der Waals surface area (Å²) in [6.45, 7) is 2.34. The van der Waals surface area contributed by atoms with Gasteiger partial charge in [0, 0.05) is 13.0 Å². The Kier molecular flexibility index (Phi) is 5.16. The number of carbonyl (C=O) groups is 2. The first-order valence-corrected chi connectivity index (χ1v) is 8.29. The Hall–Kier alpha value is -3.62. The molecule has 28 heavy (non-hydrogen) atoms. The summed E-state index contributed by atoms with van der Waals surface area (Å²) < 4.78 is 28.9. The van der Waals surface area contributed by atoms with Crippen molar-refractivity contribution in [2.24, 2.45) is 0 Å². The van der Waals surface area contributed by atoms with Gasteiger partial charge in [0.15, 0.2) is 0 Å². The molecule has 1 aromatic heterocycles. The van der Waals surface area contributed by atoms with Crippen LogP contribution in [-0.4, -0.2) is 21.4 Å². The largest absolute Gasteiger partial charge is 0.324 e. The summed E-state index contributed by atoms with van der Waals surface area (Å²) in [5.74, 6) is -2.93. The first kappa shape index (κ1) is 19.2. The second kappa shape index (κ2) is 7.55. The number of halogens is 2. The lowest BCUT2D eigenvalue weighted by Crippen LogP contribution is -2.30. The fourth-order valence-corrected chi connectivity index (χ4v) is 2.73. The molecule has 0 radical (unpaired) electrons. The van der Waals surface area contributed by atoms with Crippen LogP contribution in [-0.2, 0) is 16.1 Å². The number of benzene rings is 2. The van der Waals surface area contributed by atoms with Crippen LogP contribution in [0.4, 0.5) is 20.2 Å². The second-order valence-corrected chi connectivity index (χ2v) is 6.11. The Bertz CT molecular complexity index is 1160. The van der Waals surface area contributed by atoms with E-state index < -0.39 is 35.6 Å². The minimum atomic E-state index is -1.01. The van der Waals surface area contributed by atoms with Crippen LogP contribution in [0.5, 0.6) is 0 Å². The van der Waals surface area contributed by atoms with Crippen molar-refractivity contribution in [2.45, 2.75) is 20.4 Å². The number of rotatable bonds is 4. The predicted molar refractivity (Wildman–Crippen MR) is 100 cm³/mol. The second-order valence-electron chi connectivity index (χ2n) is 6.11. The van der Waals surface area contributed by atoms with Crippen LogP contribution in [0.15, 0.2) is 41.2 Å². The van der Waals surface area contributed by atoms with E-state index in [0.717, 1.165) is 10.6 Å². The van der Waals surface area contributed by atoms with Gasteiger partial charge in [0.2, 0.25) is 11.8 Å². The van der Waals surface area contributed by atoms with Gasteiger partial charge in [-0.1, -0.05) is 12.1 Å². The van der Waals surface area contributed by atoms with Crippen LogP contribution in [0.3, 0.4) is 0 Å². The molecule has 144 valence electrons. The molecular weight excluding hydrogens is 370 g/mol. The average molecular weight is 386 g/mol. The van der Waals surface area contributed by atoms with Gasteiger partial charge in [-0.15, -0.1) is 0 Å². The topological polar surface area (TPSA) is 93.1 Å². The number of aromatic nitrogens is 2. The third-order valence-corrected chi connectivity index (χ3v) is 4.00. The average Bonchev–Trinajstić information content (AvgIpc) is 2.62. The Balaban J connectivity index is 1.88. The monoisotopic (exact) mass is 386 g/mol. The zero-order valence-corrected chi connectivity index (χ0v) is 15.0. The van der Waals surface area contributed by atoms with Crippen LogP contribution >= 0.6 is 0 Å². The van der Waals surface area contributed by atoms with E-state index in [2.05, 4.69) is 15.6 Å². The molecule has 3 aromatic rings. The van der Waals surface area contributed by atoms with Crippen LogP contribution in [0.25, 0.3) is 10.9 Å². The highest BCUT2D eigenvalue weighted by atomic mass is 19.1. The van der Waals surface area contributed by atoms with Crippen molar-refractivity contribution in [3.8, 4) is 0 Å². The molecule has 2 N–H and O–H groups in total. The molecular formula is C19H16F2N4O3. The van der Waals surface area contributed by atoms with Gasteiger partial charge in [0.1, 0.15) is 24.0 Å². The first-order valence-electron chi connectivity index (χ1n) is 8.29. The number of anilines is 2. The number of hydrogen-bond donors (Lipinski definition) is 2. The van der Waals surface area contributed by atoms with Gasteiger partial charge in [-0.2, -0.15) is 0 Å². The van der Waals surface area contributed by atoms with Crippen LogP contribution in [0.2, 0.25) is 0 Å². The molecule has 0 saturated carbocycles. The summed E-state index contributed by atoms with van der Waals surface area (Å²) >= 11 is 0. The van der Waals surface area contributed by atoms with E-state index in [-0.39, 0.29) is 11.4 Å². The standard InChI is InChI=1S/C19H16F2N4O3/c1-10-22-15-6-4-3-5-12(15)19(28)25(10)9-18(27)24-17-8-16(23-11(2)26)13(20)7-14(17)21/h3-8H,9H2,1-2H3,(H,23,26)(H,24,27). The summed E-state index contributed by atoms with van der Waals surface area (Å²) in [5, 5.41) is 4.84. The van der Waals surface area contributed by atoms with Crippen molar-refractivity contribution in [3.63, 3.8) is 0 Å². The molecule has 1 heterocycles. The number of aryl methyl sites for hydroxylation is 1. The summed E-state index contributed by atoms with van der Waals surface area (Å²) in [7, 11) is 0. The highest BCUT2D eigenvalue weighted by Gasteiger charge is 2.15. The molecule has 2 aromatic carbocycles. The van der Waals surface area contributed by atoms with Crippen LogP contribution in [0, 0.1) is 18.6 Å². The minimum absolute atomic E-state index is 0.273. The van der Waals surface area contributed by atoms with Gasteiger partial charge >= 0.3 is 0 Å².